The molecule has 0 saturated carbocycles. The van der Waals surface area contributed by atoms with E-state index in [2.05, 4.69) is 4.90 Å². The Labute approximate surface area is 156 Å². The van der Waals surface area contributed by atoms with Crippen LogP contribution in [0.25, 0.3) is 0 Å². The van der Waals surface area contributed by atoms with Crippen molar-refractivity contribution in [3.63, 3.8) is 0 Å². The minimum absolute atomic E-state index is 0.00130. The van der Waals surface area contributed by atoms with E-state index in [4.69, 9.17) is 0 Å². The third-order valence-electron chi connectivity index (χ3n) is 5.62. The fourth-order valence-corrected chi connectivity index (χ4v) is 4.32. The van der Waals surface area contributed by atoms with Crippen LogP contribution < -0.4 is 4.90 Å². The monoisotopic (exact) mass is 371 g/mol. The summed E-state index contributed by atoms with van der Waals surface area (Å²) in [5.74, 6) is -0.220. The average Bonchev–Trinajstić information content (AvgIpc) is 3.22. The number of fused-ring (bicyclic) bond motifs is 1. The number of carbonyl (C=O) groups excluding carboxylic acids is 1. The number of nitro groups is 1. The fraction of sp³-hybridized carbons (Fsp3) is 0.421. The zero-order valence-electron chi connectivity index (χ0n) is 14.7. The van der Waals surface area contributed by atoms with E-state index < -0.39 is 4.92 Å². The molecule has 1 aromatic rings. The van der Waals surface area contributed by atoms with Gasteiger partial charge in [0.15, 0.2) is 11.5 Å². The van der Waals surface area contributed by atoms with E-state index in [0.29, 0.717) is 18.5 Å². The SMILES string of the molecule is O=C1[C@@H]2CCCN2[C@@H](CC2C=C(O)C(O)=CC2)N1c1ccc([N+](=O)[O-])cc1. The molecule has 1 aliphatic carbocycles. The van der Waals surface area contributed by atoms with Crippen molar-refractivity contribution in [3.05, 3.63) is 58.1 Å². The number of allylic oxidation sites excluding steroid dienone is 2. The second-order valence-corrected chi connectivity index (χ2v) is 7.23. The molecular weight excluding hydrogens is 350 g/mol. The number of hydrogen-bond donors (Lipinski definition) is 2. The lowest BCUT2D eigenvalue weighted by atomic mass is 9.93. The predicted molar refractivity (Wildman–Crippen MR) is 98.2 cm³/mol. The standard InChI is InChI=1S/C19H21N3O5/c23-16-8-3-12(10-17(16)24)11-18-20-9-1-2-15(20)19(25)21(18)13-4-6-14(7-5-13)22(26)27/h4-8,10,12,15,18,23-24H,1-3,9,11H2/t12?,15-,18+/m0/s1. The number of rotatable bonds is 4. The van der Waals surface area contributed by atoms with Crippen molar-refractivity contribution in [1.82, 2.24) is 4.90 Å². The first-order valence-electron chi connectivity index (χ1n) is 9.09. The number of anilines is 1. The third-order valence-corrected chi connectivity index (χ3v) is 5.62. The molecule has 2 heterocycles. The summed E-state index contributed by atoms with van der Waals surface area (Å²) in [6, 6.07) is 5.90. The van der Waals surface area contributed by atoms with Gasteiger partial charge in [-0.15, -0.1) is 0 Å². The van der Waals surface area contributed by atoms with Crippen LogP contribution in [0.3, 0.4) is 0 Å². The molecule has 8 nitrogen and oxygen atoms in total. The van der Waals surface area contributed by atoms with Crippen LogP contribution in [0.15, 0.2) is 47.9 Å². The van der Waals surface area contributed by atoms with E-state index in [1.807, 2.05) is 0 Å². The number of nitrogens with zero attached hydrogens (tertiary/aromatic N) is 3. The molecule has 4 rings (SSSR count). The van der Waals surface area contributed by atoms with E-state index in [-0.39, 0.29) is 41.2 Å². The first-order valence-corrected chi connectivity index (χ1v) is 9.09. The smallest absolute Gasteiger partial charge is 0.269 e. The molecule has 3 atom stereocenters. The van der Waals surface area contributed by atoms with Gasteiger partial charge >= 0.3 is 0 Å². The summed E-state index contributed by atoms with van der Waals surface area (Å²) in [4.78, 5) is 27.4. The van der Waals surface area contributed by atoms with Crippen molar-refractivity contribution in [3.8, 4) is 0 Å². The minimum Gasteiger partial charge on any atom is -0.504 e. The Morgan fingerprint density at radius 1 is 1.19 bits per heavy atom. The summed E-state index contributed by atoms with van der Waals surface area (Å²) in [5, 5.41) is 30.3. The lowest BCUT2D eigenvalue weighted by molar-refractivity contribution is -0.384. The van der Waals surface area contributed by atoms with E-state index in [0.717, 1.165) is 19.4 Å². The Bertz CT molecular complexity index is 832. The van der Waals surface area contributed by atoms with Crippen molar-refractivity contribution < 1.29 is 19.9 Å². The number of hydrogen-bond acceptors (Lipinski definition) is 6. The molecule has 2 N–H and O–H groups in total. The van der Waals surface area contributed by atoms with E-state index >= 15 is 0 Å². The number of aliphatic hydroxyl groups is 2. The highest BCUT2D eigenvalue weighted by Crippen LogP contribution is 2.38. The summed E-state index contributed by atoms with van der Waals surface area (Å²) in [5.41, 5.74) is 0.635. The van der Waals surface area contributed by atoms with Crippen molar-refractivity contribution >= 4 is 17.3 Å². The van der Waals surface area contributed by atoms with Gasteiger partial charge in [-0.2, -0.15) is 0 Å². The minimum atomic E-state index is -0.459. The molecule has 2 saturated heterocycles. The number of non-ortho nitro benzene ring substituents is 1. The molecule has 3 aliphatic rings. The topological polar surface area (TPSA) is 107 Å². The van der Waals surface area contributed by atoms with Crippen LogP contribution in [0, 0.1) is 16.0 Å². The van der Waals surface area contributed by atoms with E-state index in [9.17, 15) is 25.1 Å². The maximum atomic E-state index is 13.0. The van der Waals surface area contributed by atoms with Crippen LogP contribution in [-0.2, 0) is 4.79 Å². The molecule has 1 amide bonds. The highest BCUT2D eigenvalue weighted by molar-refractivity contribution is 6.00. The zero-order valence-corrected chi connectivity index (χ0v) is 14.7. The Morgan fingerprint density at radius 3 is 2.59 bits per heavy atom. The first kappa shape index (κ1) is 17.5. The van der Waals surface area contributed by atoms with Crippen LogP contribution in [0.4, 0.5) is 11.4 Å². The van der Waals surface area contributed by atoms with Crippen LogP contribution in [0.1, 0.15) is 25.7 Å². The number of benzene rings is 1. The van der Waals surface area contributed by atoms with Gasteiger partial charge in [-0.05, 0) is 55.9 Å². The summed E-state index contributed by atoms with van der Waals surface area (Å²) in [6.45, 7) is 0.827. The molecule has 0 bridgehead atoms. The Morgan fingerprint density at radius 2 is 1.93 bits per heavy atom. The summed E-state index contributed by atoms with van der Waals surface area (Å²) >= 11 is 0. The number of nitro benzene ring substituents is 1. The zero-order chi connectivity index (χ0) is 19.1. The van der Waals surface area contributed by atoms with Gasteiger partial charge in [-0.25, -0.2) is 0 Å². The fourth-order valence-electron chi connectivity index (χ4n) is 4.32. The molecule has 142 valence electrons. The van der Waals surface area contributed by atoms with E-state index in [1.54, 1.807) is 29.2 Å². The molecule has 27 heavy (non-hydrogen) atoms. The highest BCUT2D eigenvalue weighted by Gasteiger charge is 2.49. The number of amides is 1. The van der Waals surface area contributed by atoms with Crippen molar-refractivity contribution in [2.75, 3.05) is 11.4 Å². The molecule has 0 radical (unpaired) electrons. The van der Waals surface area contributed by atoms with Gasteiger partial charge in [-0.3, -0.25) is 24.7 Å². The highest BCUT2D eigenvalue weighted by atomic mass is 16.6. The van der Waals surface area contributed by atoms with Crippen molar-refractivity contribution in [1.29, 1.82) is 0 Å². The van der Waals surface area contributed by atoms with Gasteiger partial charge in [0.25, 0.3) is 5.69 Å². The van der Waals surface area contributed by atoms with Crippen LogP contribution in [0.5, 0.6) is 0 Å². The average molecular weight is 371 g/mol. The lowest BCUT2D eigenvalue weighted by Gasteiger charge is -2.32. The molecule has 2 aliphatic heterocycles. The van der Waals surface area contributed by atoms with Gasteiger partial charge in [0.2, 0.25) is 5.91 Å². The first-order chi connectivity index (χ1) is 13.0. The van der Waals surface area contributed by atoms with Gasteiger partial charge in [-0.1, -0.05) is 0 Å². The second-order valence-electron chi connectivity index (χ2n) is 7.23. The largest absolute Gasteiger partial charge is 0.504 e. The molecule has 2 fully saturated rings. The molecular formula is C19H21N3O5. The maximum Gasteiger partial charge on any atom is 0.269 e. The molecule has 1 unspecified atom stereocenters. The Hall–Kier alpha value is -2.87. The quantitative estimate of drug-likeness (QED) is 0.622. The van der Waals surface area contributed by atoms with Gasteiger partial charge in [0.05, 0.1) is 17.1 Å². The molecule has 0 aromatic heterocycles. The van der Waals surface area contributed by atoms with Crippen molar-refractivity contribution in [2.24, 2.45) is 5.92 Å². The predicted octanol–water partition coefficient (Wildman–Crippen LogP) is 3.03. The maximum absolute atomic E-state index is 13.0. The van der Waals surface area contributed by atoms with Gasteiger partial charge in [0, 0.05) is 24.4 Å². The van der Waals surface area contributed by atoms with Crippen LogP contribution in [0.2, 0.25) is 0 Å². The second kappa shape index (κ2) is 6.70. The molecule has 8 heteroatoms. The summed E-state index contributed by atoms with van der Waals surface area (Å²) in [7, 11) is 0. The van der Waals surface area contributed by atoms with Crippen LogP contribution >= 0.6 is 0 Å². The number of carbonyl (C=O) groups is 1. The van der Waals surface area contributed by atoms with Gasteiger partial charge < -0.3 is 10.2 Å². The lowest BCUT2D eigenvalue weighted by Crippen LogP contribution is -2.41. The summed E-state index contributed by atoms with van der Waals surface area (Å²) < 4.78 is 0. The summed E-state index contributed by atoms with van der Waals surface area (Å²) in [6.07, 6.45) is 6.04. The van der Waals surface area contributed by atoms with Crippen LogP contribution in [-0.4, -0.2) is 44.7 Å². The Kier molecular flexibility index (Phi) is 4.35. The normalized spacial score (nSPS) is 28.1. The molecule has 1 aromatic carbocycles. The third kappa shape index (κ3) is 3.06. The van der Waals surface area contributed by atoms with Gasteiger partial charge in [0.1, 0.15) is 0 Å². The van der Waals surface area contributed by atoms with Crippen molar-refractivity contribution in [2.45, 2.75) is 37.9 Å². The molecule has 0 spiro atoms. The van der Waals surface area contributed by atoms with E-state index in [1.165, 1.54) is 12.1 Å². The number of aliphatic hydroxyl groups excluding tert-OH is 2. The Balaban J connectivity index is 1.62.